The van der Waals surface area contributed by atoms with E-state index in [2.05, 4.69) is 55.8 Å². The molecule has 96 valence electrons. The molecule has 1 heterocycles. The average molecular weight is 310 g/mol. The van der Waals surface area contributed by atoms with Crippen LogP contribution < -0.4 is 5.32 Å². The van der Waals surface area contributed by atoms with Crippen molar-refractivity contribution in [2.24, 2.45) is 0 Å². The highest BCUT2D eigenvalue weighted by molar-refractivity contribution is 9.10. The summed E-state index contributed by atoms with van der Waals surface area (Å²) in [5.41, 5.74) is 1.18. The number of aromatic nitrogens is 4. The first-order valence-electron chi connectivity index (χ1n) is 6.00. The van der Waals surface area contributed by atoms with Crippen molar-refractivity contribution in [2.75, 3.05) is 6.54 Å². The lowest BCUT2D eigenvalue weighted by molar-refractivity contribution is 0.577. The molecule has 0 saturated heterocycles. The van der Waals surface area contributed by atoms with Crippen molar-refractivity contribution < 1.29 is 0 Å². The zero-order valence-electron chi connectivity index (χ0n) is 10.3. The first kappa shape index (κ1) is 13.2. The third-order valence-corrected chi connectivity index (χ3v) is 3.09. The van der Waals surface area contributed by atoms with Crippen LogP contribution in [0.25, 0.3) is 0 Å². The van der Waals surface area contributed by atoms with Crippen LogP contribution in [0.4, 0.5) is 0 Å². The lowest BCUT2D eigenvalue weighted by Crippen LogP contribution is -2.18. The monoisotopic (exact) mass is 309 g/mol. The lowest BCUT2D eigenvalue weighted by Gasteiger charge is -2.05. The molecule has 6 heteroatoms. The standard InChI is InChI=1S/C12H16BrN5/c1-2-7-14-8-12-15-16-17-18(12)9-10-3-5-11(13)6-4-10/h3-6,14H,2,7-9H2,1H3. The quantitative estimate of drug-likeness (QED) is 0.829. The molecule has 0 radical (unpaired) electrons. The Morgan fingerprint density at radius 2 is 2.06 bits per heavy atom. The van der Waals surface area contributed by atoms with E-state index in [0.717, 1.165) is 23.3 Å². The molecule has 5 nitrogen and oxygen atoms in total. The average Bonchev–Trinajstić information content (AvgIpc) is 2.80. The van der Waals surface area contributed by atoms with Crippen molar-refractivity contribution in [3.8, 4) is 0 Å². The van der Waals surface area contributed by atoms with Gasteiger partial charge in [-0.2, -0.15) is 0 Å². The van der Waals surface area contributed by atoms with Crippen LogP contribution in [0.1, 0.15) is 24.7 Å². The Labute approximate surface area is 115 Å². The maximum atomic E-state index is 4.03. The molecule has 0 aliphatic rings. The molecule has 2 rings (SSSR count). The van der Waals surface area contributed by atoms with E-state index in [0.29, 0.717) is 13.1 Å². The van der Waals surface area contributed by atoms with E-state index in [9.17, 15) is 0 Å². The number of nitrogens with zero attached hydrogens (tertiary/aromatic N) is 4. The summed E-state index contributed by atoms with van der Waals surface area (Å²) < 4.78 is 2.90. The minimum absolute atomic E-state index is 0.698. The van der Waals surface area contributed by atoms with Crippen LogP contribution in [-0.2, 0) is 13.1 Å². The molecule has 2 aromatic rings. The van der Waals surface area contributed by atoms with Crippen LogP contribution in [0.5, 0.6) is 0 Å². The Balaban J connectivity index is 2.00. The van der Waals surface area contributed by atoms with E-state index in [4.69, 9.17) is 0 Å². The highest BCUT2D eigenvalue weighted by atomic mass is 79.9. The normalized spacial score (nSPS) is 10.8. The van der Waals surface area contributed by atoms with Crippen LogP contribution in [-0.4, -0.2) is 26.8 Å². The van der Waals surface area contributed by atoms with Gasteiger partial charge in [0.1, 0.15) is 0 Å². The van der Waals surface area contributed by atoms with E-state index < -0.39 is 0 Å². The fourth-order valence-corrected chi connectivity index (χ4v) is 1.88. The van der Waals surface area contributed by atoms with Gasteiger partial charge in [0, 0.05) is 4.47 Å². The molecule has 18 heavy (non-hydrogen) atoms. The molecular weight excluding hydrogens is 294 g/mol. The third kappa shape index (κ3) is 3.61. The number of rotatable bonds is 6. The second kappa shape index (κ2) is 6.61. The maximum absolute atomic E-state index is 4.03. The molecule has 1 aromatic carbocycles. The number of hydrogen-bond donors (Lipinski definition) is 1. The smallest absolute Gasteiger partial charge is 0.165 e. The third-order valence-electron chi connectivity index (χ3n) is 2.56. The summed E-state index contributed by atoms with van der Waals surface area (Å²) in [7, 11) is 0. The number of hydrogen-bond acceptors (Lipinski definition) is 4. The lowest BCUT2D eigenvalue weighted by atomic mass is 10.2. The molecule has 1 aromatic heterocycles. The van der Waals surface area contributed by atoms with Crippen molar-refractivity contribution in [2.45, 2.75) is 26.4 Å². The number of tetrazole rings is 1. The topological polar surface area (TPSA) is 55.6 Å². The van der Waals surface area contributed by atoms with Gasteiger partial charge >= 0.3 is 0 Å². The molecule has 0 spiro atoms. The Hall–Kier alpha value is -1.27. The van der Waals surface area contributed by atoms with Gasteiger partial charge in [0.05, 0.1) is 13.1 Å². The van der Waals surface area contributed by atoms with Crippen molar-refractivity contribution in [1.29, 1.82) is 0 Å². The molecule has 0 fully saturated rings. The van der Waals surface area contributed by atoms with Gasteiger partial charge in [0.25, 0.3) is 0 Å². The van der Waals surface area contributed by atoms with E-state index in [1.807, 2.05) is 16.8 Å². The second-order valence-corrected chi connectivity index (χ2v) is 4.97. The predicted molar refractivity (Wildman–Crippen MR) is 73.1 cm³/mol. The van der Waals surface area contributed by atoms with Gasteiger partial charge < -0.3 is 5.32 Å². The number of benzene rings is 1. The summed E-state index contributed by atoms with van der Waals surface area (Å²) in [5, 5.41) is 15.1. The van der Waals surface area contributed by atoms with Gasteiger partial charge in [-0.1, -0.05) is 35.0 Å². The minimum atomic E-state index is 0.698. The van der Waals surface area contributed by atoms with E-state index >= 15 is 0 Å². The Bertz CT molecular complexity index is 479. The summed E-state index contributed by atoms with van der Waals surface area (Å²) in [6, 6.07) is 8.17. The molecular formula is C12H16BrN5. The summed E-state index contributed by atoms with van der Waals surface area (Å²) in [6.45, 7) is 4.52. The fraction of sp³-hybridized carbons (Fsp3) is 0.417. The van der Waals surface area contributed by atoms with Crippen molar-refractivity contribution in [3.63, 3.8) is 0 Å². The van der Waals surface area contributed by atoms with Gasteiger partial charge in [0.15, 0.2) is 5.82 Å². The molecule has 0 bridgehead atoms. The maximum Gasteiger partial charge on any atom is 0.165 e. The predicted octanol–water partition coefficient (Wildman–Crippen LogP) is 1.98. The molecule has 0 amide bonds. The Morgan fingerprint density at radius 1 is 1.28 bits per heavy atom. The largest absolute Gasteiger partial charge is 0.310 e. The summed E-state index contributed by atoms with van der Waals surface area (Å²) >= 11 is 3.42. The summed E-state index contributed by atoms with van der Waals surface area (Å²) in [6.07, 6.45) is 1.11. The van der Waals surface area contributed by atoms with Crippen LogP contribution in [0.2, 0.25) is 0 Å². The first-order chi connectivity index (χ1) is 8.79. The van der Waals surface area contributed by atoms with Crippen LogP contribution in [0.3, 0.4) is 0 Å². The molecule has 0 aliphatic carbocycles. The van der Waals surface area contributed by atoms with Crippen LogP contribution >= 0.6 is 15.9 Å². The zero-order valence-corrected chi connectivity index (χ0v) is 11.9. The first-order valence-corrected chi connectivity index (χ1v) is 6.79. The zero-order chi connectivity index (χ0) is 12.8. The van der Waals surface area contributed by atoms with Gasteiger partial charge in [-0.25, -0.2) is 4.68 Å². The summed E-state index contributed by atoms with van der Waals surface area (Å²) in [5.74, 6) is 0.867. The highest BCUT2D eigenvalue weighted by Crippen LogP contribution is 2.11. The van der Waals surface area contributed by atoms with E-state index in [1.54, 1.807) is 0 Å². The minimum Gasteiger partial charge on any atom is -0.310 e. The van der Waals surface area contributed by atoms with Gasteiger partial charge in [-0.3, -0.25) is 0 Å². The van der Waals surface area contributed by atoms with Crippen molar-refractivity contribution in [3.05, 3.63) is 40.1 Å². The summed E-state index contributed by atoms with van der Waals surface area (Å²) in [4.78, 5) is 0. The molecule has 1 N–H and O–H groups in total. The second-order valence-electron chi connectivity index (χ2n) is 4.06. The fourth-order valence-electron chi connectivity index (χ4n) is 1.61. The Kier molecular flexibility index (Phi) is 4.83. The van der Waals surface area contributed by atoms with Gasteiger partial charge in [-0.05, 0) is 41.1 Å². The van der Waals surface area contributed by atoms with Crippen LogP contribution in [0.15, 0.2) is 28.7 Å². The molecule has 0 saturated carbocycles. The molecule has 0 aliphatic heterocycles. The van der Waals surface area contributed by atoms with Crippen molar-refractivity contribution >= 4 is 15.9 Å². The molecule has 0 unspecified atom stereocenters. The van der Waals surface area contributed by atoms with E-state index in [-0.39, 0.29) is 0 Å². The van der Waals surface area contributed by atoms with Gasteiger partial charge in [0.2, 0.25) is 0 Å². The van der Waals surface area contributed by atoms with Crippen LogP contribution in [0, 0.1) is 0 Å². The SMILES string of the molecule is CCCNCc1nnnn1Cc1ccc(Br)cc1. The van der Waals surface area contributed by atoms with E-state index in [1.165, 1.54) is 5.56 Å². The number of nitrogens with one attached hydrogen (secondary N) is 1. The van der Waals surface area contributed by atoms with Crippen molar-refractivity contribution in [1.82, 2.24) is 25.5 Å². The molecule has 0 atom stereocenters. The van der Waals surface area contributed by atoms with Gasteiger partial charge in [-0.15, -0.1) is 5.10 Å². The highest BCUT2D eigenvalue weighted by Gasteiger charge is 2.05. The number of halogens is 1. The Morgan fingerprint density at radius 3 is 2.78 bits per heavy atom.